The molecule has 0 atom stereocenters. The summed E-state index contributed by atoms with van der Waals surface area (Å²) in [7, 11) is 0. The van der Waals surface area contributed by atoms with Gasteiger partial charge in [-0.3, -0.25) is 10.2 Å². The van der Waals surface area contributed by atoms with Crippen molar-refractivity contribution in [3.05, 3.63) is 69.0 Å². The monoisotopic (exact) mass is 478 g/mol. The maximum absolute atomic E-state index is 11.3. The minimum atomic E-state index is -0.530. The van der Waals surface area contributed by atoms with Crippen LogP contribution in [0.25, 0.3) is 10.4 Å². The fraction of sp³-hybridized carbons (Fsp3) is 0.0500. The van der Waals surface area contributed by atoms with Crippen LogP contribution in [-0.2, 0) is 0 Å². The molecule has 1 aromatic heterocycles. The molecule has 1 heterocycles. The lowest BCUT2D eigenvalue weighted by Gasteiger charge is -2.09. The lowest BCUT2D eigenvalue weighted by atomic mass is 10.1. The second kappa shape index (κ2) is 9.44. The number of primary amides is 1. The van der Waals surface area contributed by atoms with Crippen LogP contribution in [0.5, 0.6) is 5.75 Å². The van der Waals surface area contributed by atoms with Crippen molar-refractivity contribution >= 4 is 69.2 Å². The van der Waals surface area contributed by atoms with Crippen LogP contribution < -0.4 is 16.5 Å². The Hall–Kier alpha value is -2.65. The Morgan fingerprint density at radius 2 is 1.97 bits per heavy atom. The molecule has 0 fully saturated rings. The number of amides is 1. The van der Waals surface area contributed by atoms with Gasteiger partial charge in [-0.25, -0.2) is 0 Å². The van der Waals surface area contributed by atoms with Crippen LogP contribution in [0.4, 0.5) is 5.69 Å². The van der Waals surface area contributed by atoms with E-state index < -0.39 is 5.91 Å². The highest BCUT2D eigenvalue weighted by Crippen LogP contribution is 2.40. The van der Waals surface area contributed by atoms with Gasteiger partial charge in [-0.05, 0) is 55.0 Å². The molecule has 3 rings (SSSR count). The number of hydrogen-bond acceptors (Lipinski definition) is 5. The van der Waals surface area contributed by atoms with E-state index in [2.05, 4.69) is 15.8 Å². The Kier molecular flexibility index (Phi) is 6.94. The molecule has 1 amide bonds. The Bertz CT molecular complexity index is 1160. The molecule has 0 spiro atoms. The number of carbonyl (C=O) groups is 1. The summed E-state index contributed by atoms with van der Waals surface area (Å²) in [6.07, 6.45) is 0. The number of carbonyl (C=O) groups excluding carboxylic acids is 1. The summed E-state index contributed by atoms with van der Waals surface area (Å²) in [5.74, 6) is -0.438. The first-order valence-electron chi connectivity index (χ1n) is 8.53. The predicted molar refractivity (Wildman–Crippen MR) is 128 cm³/mol. The standard InChI is InChI=1S/C20H16Cl2N4O2S2/c1-10(25-26-20(29)24-13-4-2-3-12(7-13)19(23)28)14-9-30-18(17(14)27)11-5-6-15(21)16(22)8-11/h2-9,27H,1H3,(H2,23,28)(H2,24,26,29)/b25-10+. The first-order chi connectivity index (χ1) is 14.3. The molecule has 6 nitrogen and oxygen atoms in total. The zero-order chi connectivity index (χ0) is 21.8. The van der Waals surface area contributed by atoms with E-state index in [1.54, 1.807) is 54.8 Å². The SMILES string of the molecule is C/C(=N\NC(=S)Nc1cccc(C(N)=O)c1)c1csc(-c2ccc(Cl)c(Cl)c2)c1O. The summed E-state index contributed by atoms with van der Waals surface area (Å²) in [5.41, 5.74) is 10.8. The molecule has 5 N–H and O–H groups in total. The fourth-order valence-electron chi connectivity index (χ4n) is 2.55. The molecule has 3 aromatic rings. The number of nitrogens with one attached hydrogen (secondary N) is 2. The highest BCUT2D eigenvalue weighted by atomic mass is 35.5. The van der Waals surface area contributed by atoms with Crippen LogP contribution in [-0.4, -0.2) is 21.8 Å². The quantitative estimate of drug-likeness (QED) is 0.228. The summed E-state index contributed by atoms with van der Waals surface area (Å²) in [5, 5.41) is 20.6. The van der Waals surface area contributed by atoms with Crippen LogP contribution in [0, 0.1) is 0 Å². The number of nitrogens with zero attached hydrogens (tertiary/aromatic N) is 1. The molecular formula is C20H16Cl2N4O2S2. The van der Waals surface area contributed by atoms with E-state index in [1.165, 1.54) is 11.3 Å². The lowest BCUT2D eigenvalue weighted by molar-refractivity contribution is 0.100. The fourth-order valence-corrected chi connectivity index (χ4v) is 4.02. The van der Waals surface area contributed by atoms with Gasteiger partial charge in [-0.1, -0.05) is 35.3 Å². The van der Waals surface area contributed by atoms with E-state index in [9.17, 15) is 9.90 Å². The smallest absolute Gasteiger partial charge is 0.248 e. The second-order valence-corrected chi connectivity index (χ2v) is 8.27. The van der Waals surface area contributed by atoms with Crippen molar-refractivity contribution in [1.29, 1.82) is 0 Å². The van der Waals surface area contributed by atoms with Gasteiger partial charge in [0.15, 0.2) is 5.11 Å². The molecule has 0 radical (unpaired) electrons. The van der Waals surface area contributed by atoms with Crippen molar-refractivity contribution < 1.29 is 9.90 Å². The Labute approximate surface area is 192 Å². The third-order valence-corrected chi connectivity index (χ3v) is 6.02. The van der Waals surface area contributed by atoms with E-state index in [1.807, 2.05) is 0 Å². The summed E-state index contributed by atoms with van der Waals surface area (Å²) < 4.78 is 0. The van der Waals surface area contributed by atoms with Crippen molar-refractivity contribution in [3.8, 4) is 16.2 Å². The van der Waals surface area contributed by atoms with E-state index in [0.29, 0.717) is 37.4 Å². The van der Waals surface area contributed by atoms with Gasteiger partial charge >= 0.3 is 0 Å². The van der Waals surface area contributed by atoms with Gasteiger partial charge in [-0.15, -0.1) is 11.3 Å². The van der Waals surface area contributed by atoms with Gasteiger partial charge in [0.1, 0.15) is 5.75 Å². The Morgan fingerprint density at radius 3 is 2.67 bits per heavy atom. The van der Waals surface area contributed by atoms with Gasteiger partial charge in [-0.2, -0.15) is 5.10 Å². The van der Waals surface area contributed by atoms with Crippen molar-refractivity contribution in [2.24, 2.45) is 10.8 Å². The predicted octanol–water partition coefficient (Wildman–Crippen LogP) is 5.24. The normalized spacial score (nSPS) is 11.2. The van der Waals surface area contributed by atoms with Crippen molar-refractivity contribution in [1.82, 2.24) is 5.43 Å². The average Bonchev–Trinajstić information content (AvgIpc) is 3.10. The Balaban J connectivity index is 1.72. The van der Waals surface area contributed by atoms with E-state index in [4.69, 9.17) is 41.2 Å². The summed E-state index contributed by atoms with van der Waals surface area (Å²) >= 11 is 18.6. The molecule has 154 valence electrons. The maximum Gasteiger partial charge on any atom is 0.248 e. The molecule has 30 heavy (non-hydrogen) atoms. The zero-order valence-electron chi connectivity index (χ0n) is 15.6. The third kappa shape index (κ3) is 5.09. The highest BCUT2D eigenvalue weighted by Gasteiger charge is 2.15. The van der Waals surface area contributed by atoms with E-state index in [0.717, 1.165) is 5.56 Å². The summed E-state index contributed by atoms with van der Waals surface area (Å²) in [4.78, 5) is 11.9. The summed E-state index contributed by atoms with van der Waals surface area (Å²) in [6.45, 7) is 1.74. The molecular weight excluding hydrogens is 463 g/mol. The van der Waals surface area contributed by atoms with Gasteiger partial charge in [0.05, 0.1) is 26.2 Å². The number of benzene rings is 2. The number of rotatable bonds is 5. The molecule has 0 saturated carbocycles. The van der Waals surface area contributed by atoms with E-state index >= 15 is 0 Å². The number of anilines is 1. The van der Waals surface area contributed by atoms with Gasteiger partial charge < -0.3 is 16.2 Å². The molecule has 0 aliphatic rings. The number of thiophene rings is 1. The number of hydrogen-bond donors (Lipinski definition) is 4. The summed E-state index contributed by atoms with van der Waals surface area (Å²) in [6, 6.07) is 11.8. The molecule has 0 unspecified atom stereocenters. The minimum Gasteiger partial charge on any atom is -0.506 e. The number of thiocarbonyl (C=S) groups is 1. The number of hydrazone groups is 1. The maximum atomic E-state index is 11.3. The molecule has 0 aliphatic carbocycles. The number of halogens is 2. The van der Waals surface area contributed by atoms with Crippen molar-refractivity contribution in [2.45, 2.75) is 6.92 Å². The van der Waals surface area contributed by atoms with Gasteiger partial charge in [0.2, 0.25) is 5.91 Å². The first-order valence-corrected chi connectivity index (χ1v) is 10.6. The largest absolute Gasteiger partial charge is 0.506 e. The number of aromatic hydroxyl groups is 1. The molecule has 0 aliphatic heterocycles. The topological polar surface area (TPSA) is 99.7 Å². The van der Waals surface area contributed by atoms with Crippen LogP contribution >= 0.6 is 46.8 Å². The minimum absolute atomic E-state index is 0.0921. The average molecular weight is 479 g/mol. The Morgan fingerprint density at radius 1 is 1.20 bits per heavy atom. The highest BCUT2D eigenvalue weighted by molar-refractivity contribution is 7.80. The molecule has 0 saturated heterocycles. The molecule has 0 bridgehead atoms. The van der Waals surface area contributed by atoms with Crippen LogP contribution in [0.15, 0.2) is 52.9 Å². The van der Waals surface area contributed by atoms with Crippen molar-refractivity contribution in [3.63, 3.8) is 0 Å². The number of nitrogens with two attached hydrogens (primary N) is 1. The van der Waals surface area contributed by atoms with Gasteiger partial charge in [0, 0.05) is 16.6 Å². The van der Waals surface area contributed by atoms with Crippen LogP contribution in [0.3, 0.4) is 0 Å². The van der Waals surface area contributed by atoms with Crippen molar-refractivity contribution in [2.75, 3.05) is 5.32 Å². The third-order valence-electron chi connectivity index (χ3n) is 4.07. The second-order valence-electron chi connectivity index (χ2n) is 6.16. The molecule has 2 aromatic carbocycles. The van der Waals surface area contributed by atoms with E-state index in [-0.39, 0.29) is 10.9 Å². The van der Waals surface area contributed by atoms with Crippen LogP contribution in [0.1, 0.15) is 22.8 Å². The first kappa shape index (κ1) is 22.0. The molecule has 10 heteroatoms. The lowest BCUT2D eigenvalue weighted by Crippen LogP contribution is -2.25. The zero-order valence-corrected chi connectivity index (χ0v) is 18.7. The van der Waals surface area contributed by atoms with Gasteiger partial charge in [0.25, 0.3) is 0 Å². The van der Waals surface area contributed by atoms with Crippen LogP contribution in [0.2, 0.25) is 10.0 Å².